The second-order valence-electron chi connectivity index (χ2n) is 2.89. The van der Waals surface area contributed by atoms with Crippen molar-refractivity contribution < 1.29 is 47.3 Å². The summed E-state index contributed by atoms with van der Waals surface area (Å²) in [7, 11) is -2.31. The van der Waals surface area contributed by atoms with E-state index in [0.29, 0.717) is 6.54 Å². The van der Waals surface area contributed by atoms with Gasteiger partial charge in [-0.05, 0) is 20.0 Å². The Morgan fingerprint density at radius 2 is 1.93 bits per heavy atom. The van der Waals surface area contributed by atoms with Gasteiger partial charge in [-0.25, -0.2) is 8.42 Å². The number of hydrogen-bond acceptors (Lipinski definition) is 5. The first-order chi connectivity index (χ1) is 5.95. The fourth-order valence-corrected chi connectivity index (χ4v) is 1.20. The Bertz CT molecular complexity index is 220. The predicted molar refractivity (Wildman–Crippen MR) is 48.3 cm³/mol. The first-order valence-corrected chi connectivity index (χ1v) is 5.73. The predicted octanol–water partition coefficient (Wildman–Crippen LogP) is -3.15. The van der Waals surface area contributed by atoms with Gasteiger partial charge in [0.25, 0.3) is 0 Å². The zero-order chi connectivity index (χ0) is 10.3. The van der Waals surface area contributed by atoms with Gasteiger partial charge in [-0.3, -0.25) is 0 Å². The Hall–Kier alpha value is 0.830. The van der Waals surface area contributed by atoms with Gasteiger partial charge in [-0.15, -0.1) is 0 Å². The van der Waals surface area contributed by atoms with E-state index in [4.69, 9.17) is 0 Å². The van der Waals surface area contributed by atoms with E-state index in [-0.39, 0.29) is 36.2 Å². The monoisotopic (exact) mass is 233 g/mol. The fourth-order valence-electron chi connectivity index (χ4n) is 0.875. The van der Waals surface area contributed by atoms with Crippen LogP contribution in [0.5, 0.6) is 0 Å². The normalized spacial score (nSPS) is 11.4. The largest absolute Gasteiger partial charge is 1.00 e. The van der Waals surface area contributed by atoms with Crippen LogP contribution in [0.25, 0.3) is 0 Å². The molecule has 7 heteroatoms. The van der Waals surface area contributed by atoms with Crippen LogP contribution in [0.1, 0.15) is 13.3 Å². The first kappa shape index (κ1) is 17.2. The summed E-state index contributed by atoms with van der Waals surface area (Å²) in [5.74, 6) is -0.729. The van der Waals surface area contributed by atoms with E-state index in [9.17, 15) is 13.0 Å². The molecule has 80 valence electrons. The van der Waals surface area contributed by atoms with Crippen LogP contribution in [-0.2, 0) is 14.9 Å². The summed E-state index contributed by atoms with van der Waals surface area (Å²) < 4.78 is 35.0. The number of nitrogens with zero attached hydrogens (tertiary/aromatic N) is 1. The topological polar surface area (TPSA) is 69.7 Å². The summed E-state index contributed by atoms with van der Waals surface area (Å²) in [5.41, 5.74) is 0. The van der Waals surface area contributed by atoms with Gasteiger partial charge in [0.2, 0.25) is 0 Å². The van der Waals surface area contributed by atoms with E-state index in [2.05, 4.69) is 11.7 Å². The van der Waals surface area contributed by atoms with Crippen LogP contribution in [0, 0.1) is 0 Å². The molecule has 0 radical (unpaired) electrons. The van der Waals surface area contributed by atoms with Gasteiger partial charge in [-0.2, -0.15) is 0 Å². The van der Waals surface area contributed by atoms with Gasteiger partial charge in [-0.1, -0.05) is 6.92 Å². The number of likely N-dealkylation sites (N-methyl/N-ethyl adjacent to an activating group) is 1. The second kappa shape index (κ2) is 9.08. The third-order valence-electron chi connectivity index (χ3n) is 1.45. The molecule has 0 N–H and O–H groups in total. The summed E-state index contributed by atoms with van der Waals surface area (Å²) >= 11 is 0. The molecule has 0 saturated heterocycles. The Labute approximate surface area is 108 Å². The van der Waals surface area contributed by atoms with E-state index in [1.165, 1.54) is 0 Å². The maximum Gasteiger partial charge on any atom is 1.00 e. The minimum atomic E-state index is -4.23. The molecule has 0 aliphatic carbocycles. The van der Waals surface area contributed by atoms with E-state index >= 15 is 0 Å². The number of ether oxygens (including phenoxy) is 1. The smallest absolute Gasteiger partial charge is 0.746 e. The quantitative estimate of drug-likeness (QED) is 0.264. The minimum Gasteiger partial charge on any atom is -0.746 e. The first-order valence-electron chi connectivity index (χ1n) is 4.15. The van der Waals surface area contributed by atoms with E-state index < -0.39 is 16.1 Å². The molecular weight excluding hydrogens is 217 g/mol. The van der Waals surface area contributed by atoms with Crippen molar-refractivity contribution in [2.75, 3.05) is 32.7 Å². The molecule has 0 aromatic rings. The van der Waals surface area contributed by atoms with Crippen molar-refractivity contribution in [3.63, 3.8) is 0 Å². The molecule has 0 fully saturated rings. The number of rotatable bonds is 7. The molecule has 5 nitrogen and oxygen atoms in total. The van der Waals surface area contributed by atoms with Crippen molar-refractivity contribution >= 4 is 10.1 Å². The van der Waals surface area contributed by atoms with Crippen LogP contribution in [0.15, 0.2) is 0 Å². The molecule has 0 aromatic heterocycles. The molecule has 0 heterocycles. The molecule has 0 unspecified atom stereocenters. The molecule has 0 spiro atoms. The molecule has 0 aromatic carbocycles. The summed E-state index contributed by atoms with van der Waals surface area (Å²) in [6.45, 7) is 3.91. The van der Waals surface area contributed by atoms with E-state index in [1.807, 2.05) is 11.9 Å². The molecule has 0 rings (SSSR count). The fraction of sp³-hybridized carbons (Fsp3) is 1.00. The van der Waals surface area contributed by atoms with Crippen molar-refractivity contribution in [3.05, 3.63) is 0 Å². The van der Waals surface area contributed by atoms with Gasteiger partial charge in [0, 0.05) is 6.54 Å². The maximum absolute atomic E-state index is 10.1. The Morgan fingerprint density at radius 1 is 1.36 bits per heavy atom. The van der Waals surface area contributed by atoms with E-state index in [0.717, 1.165) is 13.0 Å². The molecule has 14 heavy (non-hydrogen) atoms. The summed E-state index contributed by atoms with van der Waals surface area (Å²) in [5, 5.41) is 0. The maximum atomic E-state index is 10.1. The average molecular weight is 233 g/mol. The zero-order valence-corrected chi connectivity index (χ0v) is 11.8. The average Bonchev–Trinajstić information content (AvgIpc) is 1.97. The van der Waals surface area contributed by atoms with Gasteiger partial charge in [0.1, 0.15) is 16.1 Å². The molecule has 0 aliphatic heterocycles. The van der Waals surface area contributed by atoms with Crippen molar-refractivity contribution in [1.29, 1.82) is 0 Å². The van der Waals surface area contributed by atoms with Crippen molar-refractivity contribution in [3.8, 4) is 0 Å². The Balaban J connectivity index is 0. The standard InChI is InChI=1S/C7H17NO4S.Na/c1-3-4-8(2)5-6-12-7-13(9,10)11;/h3-7H2,1-2H3,(H,9,10,11);/q;+1/p-1. The van der Waals surface area contributed by atoms with Gasteiger partial charge in [0.15, 0.2) is 0 Å². The molecule has 0 atom stereocenters. The van der Waals surface area contributed by atoms with Crippen molar-refractivity contribution in [2.45, 2.75) is 13.3 Å². The molecule has 0 aliphatic rings. The van der Waals surface area contributed by atoms with Gasteiger partial charge >= 0.3 is 29.6 Å². The molecule has 0 amide bonds. The van der Waals surface area contributed by atoms with E-state index in [1.54, 1.807) is 0 Å². The molecule has 0 saturated carbocycles. The van der Waals surface area contributed by atoms with Crippen LogP contribution in [-0.4, -0.2) is 50.6 Å². The minimum absolute atomic E-state index is 0. The third kappa shape index (κ3) is 12.8. The zero-order valence-electron chi connectivity index (χ0n) is 9.02. The Kier molecular flexibility index (Phi) is 11.2. The van der Waals surface area contributed by atoms with Crippen molar-refractivity contribution in [1.82, 2.24) is 4.90 Å². The summed E-state index contributed by atoms with van der Waals surface area (Å²) in [4.78, 5) is 2.01. The number of hydrogen-bond donors (Lipinski definition) is 0. The molecule has 0 bridgehead atoms. The van der Waals surface area contributed by atoms with Crippen LogP contribution in [0.3, 0.4) is 0 Å². The third-order valence-corrected chi connectivity index (χ3v) is 1.91. The van der Waals surface area contributed by atoms with Crippen LogP contribution in [0.2, 0.25) is 0 Å². The van der Waals surface area contributed by atoms with Crippen LogP contribution in [0.4, 0.5) is 0 Å². The van der Waals surface area contributed by atoms with Crippen LogP contribution < -0.4 is 29.6 Å². The summed E-state index contributed by atoms with van der Waals surface area (Å²) in [6.07, 6.45) is 1.04. The van der Waals surface area contributed by atoms with Gasteiger partial charge in [0.05, 0.1) is 6.61 Å². The summed E-state index contributed by atoms with van der Waals surface area (Å²) in [6, 6.07) is 0. The van der Waals surface area contributed by atoms with Gasteiger partial charge < -0.3 is 14.2 Å². The molecular formula is C7H16NNaO4S. The Morgan fingerprint density at radius 3 is 2.36 bits per heavy atom. The van der Waals surface area contributed by atoms with Crippen LogP contribution >= 0.6 is 0 Å². The second-order valence-corrected chi connectivity index (χ2v) is 4.24. The SMILES string of the molecule is CCCN(C)CCOCS(=O)(=O)[O-].[Na+]. The van der Waals surface area contributed by atoms with Crippen molar-refractivity contribution in [2.24, 2.45) is 0 Å².